The lowest BCUT2D eigenvalue weighted by atomic mass is 9.84. The van der Waals surface area contributed by atoms with Gasteiger partial charge in [-0.2, -0.15) is 0 Å². The highest BCUT2D eigenvalue weighted by Gasteiger charge is 2.22. The Kier molecular flexibility index (Phi) is 10.1. The molecular weight excluding hydrogens is 375 g/mol. The highest BCUT2D eigenvalue weighted by atomic mass is 35.5. The van der Waals surface area contributed by atoms with Crippen LogP contribution in [0.15, 0.2) is 12.1 Å². The van der Waals surface area contributed by atoms with Crippen molar-refractivity contribution in [1.82, 2.24) is 10.6 Å². The zero-order chi connectivity index (χ0) is 18.2. The molecule has 1 fully saturated rings. The van der Waals surface area contributed by atoms with Gasteiger partial charge in [0.2, 0.25) is 5.91 Å². The SMILES string of the molecule is CCOc1c(Cl)cc(CNC(=O)CC(C)C2CCNCC2)cc1OC.Cl. The molecule has 7 heteroatoms. The lowest BCUT2D eigenvalue weighted by Crippen LogP contribution is -2.33. The van der Waals surface area contributed by atoms with Crippen molar-refractivity contribution < 1.29 is 14.3 Å². The van der Waals surface area contributed by atoms with Gasteiger partial charge in [0.05, 0.1) is 18.7 Å². The summed E-state index contributed by atoms with van der Waals surface area (Å²) in [5.74, 6) is 2.24. The van der Waals surface area contributed by atoms with Crippen LogP contribution in [0, 0.1) is 11.8 Å². The third-order valence-corrected chi connectivity index (χ3v) is 5.04. The minimum atomic E-state index is 0. The van der Waals surface area contributed by atoms with Gasteiger partial charge in [0, 0.05) is 13.0 Å². The molecule has 0 spiro atoms. The molecular formula is C19H30Cl2N2O3. The molecule has 2 N–H and O–H groups in total. The van der Waals surface area contributed by atoms with Gasteiger partial charge in [-0.25, -0.2) is 0 Å². The molecule has 26 heavy (non-hydrogen) atoms. The number of benzene rings is 1. The molecule has 1 amide bonds. The monoisotopic (exact) mass is 404 g/mol. The van der Waals surface area contributed by atoms with E-state index in [4.69, 9.17) is 21.1 Å². The van der Waals surface area contributed by atoms with Gasteiger partial charge in [-0.3, -0.25) is 4.79 Å². The van der Waals surface area contributed by atoms with Gasteiger partial charge in [-0.1, -0.05) is 18.5 Å². The topological polar surface area (TPSA) is 59.6 Å². The molecule has 1 atom stereocenters. The molecule has 1 unspecified atom stereocenters. The molecule has 0 radical (unpaired) electrons. The summed E-state index contributed by atoms with van der Waals surface area (Å²) in [5.41, 5.74) is 0.896. The van der Waals surface area contributed by atoms with Crippen LogP contribution in [0.25, 0.3) is 0 Å². The van der Waals surface area contributed by atoms with Gasteiger partial charge in [-0.15, -0.1) is 12.4 Å². The number of methoxy groups -OCH3 is 1. The molecule has 1 saturated heterocycles. The number of carbonyl (C=O) groups is 1. The number of rotatable bonds is 8. The Bertz CT molecular complexity index is 578. The molecule has 0 saturated carbocycles. The molecule has 1 aliphatic heterocycles. The number of hydrogen-bond donors (Lipinski definition) is 2. The molecule has 0 aliphatic carbocycles. The maximum absolute atomic E-state index is 12.3. The second kappa shape index (κ2) is 11.5. The first kappa shape index (κ1) is 22.9. The van der Waals surface area contributed by atoms with E-state index in [0.29, 0.717) is 47.9 Å². The molecule has 1 heterocycles. The quantitative estimate of drug-likeness (QED) is 0.691. The first-order valence-electron chi connectivity index (χ1n) is 9.01. The van der Waals surface area contributed by atoms with Crippen LogP contribution in [-0.4, -0.2) is 32.7 Å². The van der Waals surface area contributed by atoms with Crippen molar-refractivity contribution in [3.8, 4) is 11.5 Å². The smallest absolute Gasteiger partial charge is 0.220 e. The minimum absolute atomic E-state index is 0. The van der Waals surface area contributed by atoms with Gasteiger partial charge < -0.3 is 20.1 Å². The molecule has 0 bridgehead atoms. The Morgan fingerprint density at radius 1 is 1.38 bits per heavy atom. The van der Waals surface area contributed by atoms with Crippen molar-refractivity contribution >= 4 is 29.9 Å². The van der Waals surface area contributed by atoms with Crippen LogP contribution < -0.4 is 20.1 Å². The summed E-state index contributed by atoms with van der Waals surface area (Å²) in [4.78, 5) is 12.3. The van der Waals surface area contributed by atoms with Crippen molar-refractivity contribution in [3.63, 3.8) is 0 Å². The molecule has 1 aromatic carbocycles. The number of carbonyl (C=O) groups excluding carboxylic acids is 1. The summed E-state index contributed by atoms with van der Waals surface area (Å²) in [6.07, 6.45) is 2.87. The molecule has 1 aliphatic rings. The fourth-order valence-corrected chi connectivity index (χ4v) is 3.59. The van der Waals surface area contributed by atoms with Crippen molar-refractivity contribution in [1.29, 1.82) is 0 Å². The normalized spacial score (nSPS) is 15.7. The number of piperidine rings is 1. The number of ether oxygens (including phenoxy) is 2. The van der Waals surface area contributed by atoms with Crippen LogP contribution in [-0.2, 0) is 11.3 Å². The van der Waals surface area contributed by atoms with Gasteiger partial charge in [0.15, 0.2) is 11.5 Å². The van der Waals surface area contributed by atoms with Crippen molar-refractivity contribution in [2.24, 2.45) is 11.8 Å². The maximum atomic E-state index is 12.3. The van der Waals surface area contributed by atoms with Crippen LogP contribution in [0.1, 0.15) is 38.7 Å². The Hall–Kier alpha value is -1.17. The van der Waals surface area contributed by atoms with E-state index >= 15 is 0 Å². The lowest BCUT2D eigenvalue weighted by molar-refractivity contribution is -0.122. The van der Waals surface area contributed by atoms with Crippen LogP contribution >= 0.6 is 24.0 Å². The average Bonchev–Trinajstić information content (AvgIpc) is 2.62. The van der Waals surface area contributed by atoms with Gasteiger partial charge >= 0.3 is 0 Å². The largest absolute Gasteiger partial charge is 0.493 e. The summed E-state index contributed by atoms with van der Waals surface area (Å²) in [5, 5.41) is 6.85. The third kappa shape index (κ3) is 6.53. The molecule has 5 nitrogen and oxygen atoms in total. The Balaban J connectivity index is 0.00000338. The number of amides is 1. The van der Waals surface area contributed by atoms with Crippen molar-refractivity contribution in [2.75, 3.05) is 26.8 Å². The minimum Gasteiger partial charge on any atom is -0.493 e. The zero-order valence-electron chi connectivity index (χ0n) is 15.8. The van der Waals surface area contributed by atoms with Crippen LogP contribution in [0.3, 0.4) is 0 Å². The Morgan fingerprint density at radius 2 is 2.08 bits per heavy atom. The summed E-state index contributed by atoms with van der Waals surface area (Å²) >= 11 is 6.27. The van der Waals surface area contributed by atoms with E-state index in [1.807, 2.05) is 19.1 Å². The fraction of sp³-hybridized carbons (Fsp3) is 0.632. The van der Waals surface area contributed by atoms with E-state index in [0.717, 1.165) is 31.5 Å². The predicted molar refractivity (Wildman–Crippen MR) is 108 cm³/mol. The third-order valence-electron chi connectivity index (χ3n) is 4.76. The number of nitrogens with one attached hydrogen (secondary N) is 2. The van der Waals surface area contributed by atoms with Crippen LogP contribution in [0.2, 0.25) is 5.02 Å². The lowest BCUT2D eigenvalue weighted by Gasteiger charge is -2.27. The maximum Gasteiger partial charge on any atom is 0.220 e. The molecule has 1 aromatic rings. The highest BCUT2D eigenvalue weighted by molar-refractivity contribution is 6.32. The molecule has 148 valence electrons. The van der Waals surface area contributed by atoms with E-state index in [9.17, 15) is 4.79 Å². The van der Waals surface area contributed by atoms with E-state index in [-0.39, 0.29) is 18.3 Å². The Labute approximate surface area is 167 Å². The first-order valence-corrected chi connectivity index (χ1v) is 9.39. The van der Waals surface area contributed by atoms with Crippen LogP contribution in [0.4, 0.5) is 0 Å². The van der Waals surface area contributed by atoms with E-state index in [1.165, 1.54) is 0 Å². The summed E-state index contributed by atoms with van der Waals surface area (Å²) in [6, 6.07) is 3.67. The standard InChI is InChI=1S/C19H29ClN2O3.ClH/c1-4-25-19-16(20)10-14(11-17(19)24-3)12-22-18(23)9-13(2)15-5-7-21-8-6-15;/h10-11,13,15,21H,4-9,12H2,1-3H3,(H,22,23);1H. The van der Waals surface area contributed by atoms with E-state index in [1.54, 1.807) is 7.11 Å². The summed E-state index contributed by atoms with van der Waals surface area (Å²) < 4.78 is 10.9. The van der Waals surface area contributed by atoms with Crippen molar-refractivity contribution in [3.05, 3.63) is 22.7 Å². The fourth-order valence-electron chi connectivity index (χ4n) is 3.30. The van der Waals surface area contributed by atoms with Crippen molar-refractivity contribution in [2.45, 2.75) is 39.7 Å². The Morgan fingerprint density at radius 3 is 2.69 bits per heavy atom. The van der Waals surface area contributed by atoms with Gasteiger partial charge in [0.25, 0.3) is 0 Å². The second-order valence-corrected chi connectivity index (χ2v) is 6.99. The summed E-state index contributed by atoms with van der Waals surface area (Å²) in [6.45, 7) is 7.13. The average molecular weight is 405 g/mol. The number of halogens is 2. The number of hydrogen-bond acceptors (Lipinski definition) is 4. The molecule has 0 aromatic heterocycles. The highest BCUT2D eigenvalue weighted by Crippen LogP contribution is 2.36. The van der Waals surface area contributed by atoms with E-state index < -0.39 is 0 Å². The summed E-state index contributed by atoms with van der Waals surface area (Å²) in [7, 11) is 1.58. The van der Waals surface area contributed by atoms with Gasteiger partial charge in [-0.05, 0) is 62.4 Å². The van der Waals surface area contributed by atoms with E-state index in [2.05, 4.69) is 17.6 Å². The predicted octanol–water partition coefficient (Wildman–Crippen LogP) is 3.81. The first-order chi connectivity index (χ1) is 12.0. The van der Waals surface area contributed by atoms with Crippen LogP contribution in [0.5, 0.6) is 11.5 Å². The van der Waals surface area contributed by atoms with Gasteiger partial charge in [0.1, 0.15) is 0 Å². The zero-order valence-corrected chi connectivity index (χ0v) is 17.3. The molecule has 2 rings (SSSR count). The second-order valence-electron chi connectivity index (χ2n) is 6.59.